The largest absolute Gasteiger partial charge is 1.00 e. The SMILES string of the molecule is CCCCCCCCCCCCCCCCOC(=O)c1ccccc1C(=O)OC(CC)S(=O)(=O)[O-].[K+]. The zero-order chi connectivity index (χ0) is 25.9. The van der Waals surface area contributed by atoms with E-state index in [4.69, 9.17) is 9.47 Å². The molecule has 1 aromatic carbocycles. The zero-order valence-electron chi connectivity index (χ0n) is 22.5. The molecule has 1 atom stereocenters. The number of rotatable bonds is 20. The van der Waals surface area contributed by atoms with Crippen molar-refractivity contribution in [2.24, 2.45) is 0 Å². The third kappa shape index (κ3) is 15.8. The Labute approximate surface area is 260 Å². The van der Waals surface area contributed by atoms with Crippen molar-refractivity contribution in [2.45, 2.75) is 116 Å². The predicted octanol–water partition coefficient (Wildman–Crippen LogP) is 3.77. The molecule has 1 aromatic rings. The average molecular weight is 551 g/mol. The summed E-state index contributed by atoms with van der Waals surface area (Å²) in [6.07, 6.45) is 17.1. The molecule has 0 aliphatic heterocycles. The Kier molecular flexibility index (Phi) is 21.4. The van der Waals surface area contributed by atoms with Crippen molar-refractivity contribution in [3.8, 4) is 0 Å². The number of hydrogen-bond donors (Lipinski definition) is 0. The molecule has 0 fully saturated rings. The van der Waals surface area contributed by atoms with Gasteiger partial charge in [0.15, 0.2) is 5.44 Å². The zero-order valence-corrected chi connectivity index (χ0v) is 26.4. The third-order valence-corrected chi connectivity index (χ3v) is 7.07. The van der Waals surface area contributed by atoms with Gasteiger partial charge in [-0.3, -0.25) is 0 Å². The van der Waals surface area contributed by atoms with Crippen LogP contribution < -0.4 is 51.4 Å². The minimum absolute atomic E-state index is 0. The third-order valence-electron chi connectivity index (χ3n) is 5.99. The Morgan fingerprint density at radius 2 is 1.17 bits per heavy atom. The summed E-state index contributed by atoms with van der Waals surface area (Å²) in [7, 11) is -4.80. The quantitative estimate of drug-likeness (QED) is 0.105. The van der Waals surface area contributed by atoms with E-state index in [1.54, 1.807) is 6.07 Å². The number of unbranched alkanes of at least 4 members (excludes halogenated alkanes) is 13. The summed E-state index contributed by atoms with van der Waals surface area (Å²) in [4.78, 5) is 24.8. The smallest absolute Gasteiger partial charge is 0.745 e. The van der Waals surface area contributed by atoms with Crippen molar-refractivity contribution in [1.29, 1.82) is 0 Å². The van der Waals surface area contributed by atoms with Crippen LogP contribution in [0.15, 0.2) is 24.3 Å². The summed E-state index contributed by atoms with van der Waals surface area (Å²) in [5, 5.41) is 0. The maximum absolute atomic E-state index is 12.4. The number of carbonyl (C=O) groups is 2. The Morgan fingerprint density at radius 3 is 1.58 bits per heavy atom. The first-order chi connectivity index (χ1) is 16.8. The molecule has 200 valence electrons. The first kappa shape index (κ1) is 35.7. The maximum Gasteiger partial charge on any atom is 1.00 e. The van der Waals surface area contributed by atoms with Crippen LogP contribution in [0.3, 0.4) is 0 Å². The molecule has 0 aliphatic rings. The Balaban J connectivity index is 0.0000122. The maximum atomic E-state index is 12.4. The van der Waals surface area contributed by atoms with Crippen LogP contribution >= 0.6 is 0 Å². The second kappa shape index (κ2) is 21.6. The average Bonchev–Trinajstić information content (AvgIpc) is 2.83. The molecule has 0 amide bonds. The van der Waals surface area contributed by atoms with Gasteiger partial charge >= 0.3 is 63.3 Å². The second-order valence-corrected chi connectivity index (χ2v) is 10.5. The van der Waals surface area contributed by atoms with Gasteiger partial charge in [0.1, 0.15) is 10.1 Å². The number of carbonyl (C=O) groups excluding carboxylic acids is 2. The van der Waals surface area contributed by atoms with Gasteiger partial charge in [0, 0.05) is 0 Å². The molecule has 0 N–H and O–H groups in total. The van der Waals surface area contributed by atoms with E-state index in [0.717, 1.165) is 19.3 Å². The molecule has 0 saturated heterocycles. The van der Waals surface area contributed by atoms with Gasteiger partial charge < -0.3 is 14.0 Å². The summed E-state index contributed by atoms with van der Waals surface area (Å²) in [5.74, 6) is -1.72. The molecule has 1 unspecified atom stereocenters. The van der Waals surface area contributed by atoms with E-state index in [-0.39, 0.29) is 75.5 Å². The Hall–Kier alpha value is -0.294. The first-order valence-electron chi connectivity index (χ1n) is 13.2. The molecular weight excluding hydrogens is 507 g/mol. The van der Waals surface area contributed by atoms with Crippen molar-refractivity contribution >= 4 is 22.1 Å². The van der Waals surface area contributed by atoms with Crippen molar-refractivity contribution in [3.05, 3.63) is 35.4 Å². The van der Waals surface area contributed by atoms with Gasteiger partial charge in [-0.05, 0) is 25.0 Å². The number of benzene rings is 1. The van der Waals surface area contributed by atoms with Crippen LogP contribution in [0.4, 0.5) is 0 Å². The van der Waals surface area contributed by atoms with Gasteiger partial charge in [0.05, 0.1) is 17.7 Å². The van der Waals surface area contributed by atoms with E-state index in [1.807, 2.05) is 0 Å². The number of hydrogen-bond acceptors (Lipinski definition) is 7. The molecule has 0 spiro atoms. The fourth-order valence-electron chi connectivity index (χ4n) is 3.91. The number of esters is 2. The second-order valence-electron chi connectivity index (χ2n) is 9.01. The molecule has 0 heterocycles. The van der Waals surface area contributed by atoms with E-state index in [1.165, 1.54) is 95.8 Å². The molecule has 0 saturated carbocycles. The van der Waals surface area contributed by atoms with Gasteiger partial charge in [-0.25, -0.2) is 18.0 Å². The summed E-state index contributed by atoms with van der Waals surface area (Å²) in [6, 6.07) is 5.85. The molecule has 7 nitrogen and oxygen atoms in total. The van der Waals surface area contributed by atoms with Crippen molar-refractivity contribution in [3.63, 3.8) is 0 Å². The van der Waals surface area contributed by atoms with Crippen LogP contribution in [0.1, 0.15) is 131 Å². The van der Waals surface area contributed by atoms with E-state index in [2.05, 4.69) is 6.92 Å². The van der Waals surface area contributed by atoms with Gasteiger partial charge in [-0.2, -0.15) is 0 Å². The summed E-state index contributed by atoms with van der Waals surface area (Å²) >= 11 is 0. The van der Waals surface area contributed by atoms with Gasteiger partial charge in [0.2, 0.25) is 0 Å². The Morgan fingerprint density at radius 1 is 0.750 bits per heavy atom. The van der Waals surface area contributed by atoms with E-state index >= 15 is 0 Å². The minimum atomic E-state index is -4.80. The van der Waals surface area contributed by atoms with Crippen LogP contribution in [-0.2, 0) is 19.6 Å². The summed E-state index contributed by atoms with van der Waals surface area (Å²) in [6.45, 7) is 3.91. The molecule has 36 heavy (non-hydrogen) atoms. The topological polar surface area (TPSA) is 110 Å². The van der Waals surface area contributed by atoms with Crippen molar-refractivity contribution < 1.29 is 83.4 Å². The van der Waals surface area contributed by atoms with E-state index < -0.39 is 27.5 Å². The predicted molar refractivity (Wildman–Crippen MR) is 136 cm³/mol. The fraction of sp³-hybridized carbons (Fsp3) is 0.704. The molecule has 1 rings (SSSR count). The molecule has 0 aliphatic carbocycles. The molecule has 0 bridgehead atoms. The first-order valence-corrected chi connectivity index (χ1v) is 14.7. The van der Waals surface area contributed by atoms with Crippen LogP contribution in [0.5, 0.6) is 0 Å². The van der Waals surface area contributed by atoms with Crippen LogP contribution in [-0.4, -0.2) is 37.0 Å². The van der Waals surface area contributed by atoms with Crippen molar-refractivity contribution in [2.75, 3.05) is 6.61 Å². The van der Waals surface area contributed by atoms with Gasteiger partial charge in [0.25, 0.3) is 0 Å². The minimum Gasteiger partial charge on any atom is -0.745 e. The van der Waals surface area contributed by atoms with Gasteiger partial charge in [-0.15, -0.1) is 0 Å². The normalized spacial score (nSPS) is 12.0. The molecular formula is C27H43KO7S. The summed E-state index contributed by atoms with van der Waals surface area (Å²) < 4.78 is 43.7. The molecule has 9 heteroatoms. The van der Waals surface area contributed by atoms with Gasteiger partial charge in [-0.1, -0.05) is 109 Å². The molecule has 0 aromatic heterocycles. The standard InChI is InChI=1S/C27H44O7S.K/c1-3-5-6-7-8-9-10-11-12-13-14-15-16-19-22-33-26(28)23-20-17-18-21-24(23)27(29)34-25(4-2)35(30,31)32;/h17-18,20-21,25H,3-16,19,22H2,1-2H3,(H,30,31,32);/q;+1/p-1. The Bertz CT molecular complexity index is 842. The number of ether oxygens (including phenoxy) is 2. The van der Waals surface area contributed by atoms with E-state index in [0.29, 0.717) is 0 Å². The van der Waals surface area contributed by atoms with Crippen LogP contribution in [0.25, 0.3) is 0 Å². The summed E-state index contributed by atoms with van der Waals surface area (Å²) in [5.41, 5.74) is -1.93. The molecule has 0 radical (unpaired) electrons. The van der Waals surface area contributed by atoms with E-state index in [9.17, 15) is 22.6 Å². The fourth-order valence-corrected chi connectivity index (χ4v) is 4.52. The van der Waals surface area contributed by atoms with Crippen LogP contribution in [0.2, 0.25) is 0 Å². The monoisotopic (exact) mass is 550 g/mol. The van der Waals surface area contributed by atoms with Crippen LogP contribution in [0, 0.1) is 0 Å². The van der Waals surface area contributed by atoms with Crippen molar-refractivity contribution in [1.82, 2.24) is 0 Å².